The van der Waals surface area contributed by atoms with Gasteiger partial charge in [-0.2, -0.15) is 0 Å². The smallest absolute Gasteiger partial charge is 0.234 e. The minimum absolute atomic E-state index is 0.00378. The fourth-order valence-corrected chi connectivity index (χ4v) is 2.23. The minimum Gasteiger partial charge on any atom is -0.310 e. The monoisotopic (exact) mass is 275 g/mol. The number of anilines is 1. The molecule has 1 aromatic rings. The first-order chi connectivity index (χ1) is 9.20. The first-order valence-corrected chi connectivity index (χ1v) is 7.09. The third-order valence-electron chi connectivity index (χ3n) is 2.90. The molecule has 0 N–H and O–H groups in total. The number of benzene rings is 1. The first kappa shape index (κ1) is 16.4. The standard InChI is InChI=1S/C17H25NO2/c1-13(2)18(14-9-7-6-8-10-14)16(20)11-15(19)12-17(3,4)5/h6-10,13H,11-12H2,1-5H3. The molecule has 0 aliphatic carbocycles. The molecule has 0 saturated heterocycles. The highest BCUT2D eigenvalue weighted by Gasteiger charge is 2.23. The largest absolute Gasteiger partial charge is 0.310 e. The summed E-state index contributed by atoms with van der Waals surface area (Å²) in [5, 5.41) is 0. The molecule has 1 amide bonds. The van der Waals surface area contributed by atoms with Crippen LogP contribution >= 0.6 is 0 Å². The van der Waals surface area contributed by atoms with E-state index in [0.29, 0.717) is 6.42 Å². The maximum absolute atomic E-state index is 12.4. The highest BCUT2D eigenvalue weighted by molar-refractivity contribution is 6.06. The maximum atomic E-state index is 12.4. The normalized spacial score (nSPS) is 11.5. The van der Waals surface area contributed by atoms with Crippen molar-refractivity contribution in [3.05, 3.63) is 30.3 Å². The predicted octanol–water partition coefficient (Wildman–Crippen LogP) is 3.82. The number of Topliss-reactive ketones (excluding diaryl/α,β-unsaturated/α-hetero) is 1. The predicted molar refractivity (Wildman–Crippen MR) is 82.8 cm³/mol. The topological polar surface area (TPSA) is 37.4 Å². The van der Waals surface area contributed by atoms with E-state index >= 15 is 0 Å². The van der Waals surface area contributed by atoms with Crippen LogP contribution in [0.5, 0.6) is 0 Å². The van der Waals surface area contributed by atoms with E-state index in [4.69, 9.17) is 0 Å². The van der Waals surface area contributed by atoms with E-state index in [1.807, 2.05) is 65.0 Å². The van der Waals surface area contributed by atoms with Gasteiger partial charge in [-0.15, -0.1) is 0 Å². The summed E-state index contributed by atoms with van der Waals surface area (Å²) >= 11 is 0. The molecule has 1 aromatic carbocycles. The third-order valence-corrected chi connectivity index (χ3v) is 2.90. The fraction of sp³-hybridized carbons (Fsp3) is 0.529. The lowest BCUT2D eigenvalue weighted by atomic mass is 9.89. The molecule has 0 atom stereocenters. The van der Waals surface area contributed by atoms with E-state index in [-0.39, 0.29) is 29.6 Å². The average Bonchev–Trinajstić information content (AvgIpc) is 2.26. The number of ketones is 1. The molecule has 3 nitrogen and oxygen atoms in total. The van der Waals surface area contributed by atoms with E-state index in [9.17, 15) is 9.59 Å². The van der Waals surface area contributed by atoms with Crippen LogP contribution in [0, 0.1) is 5.41 Å². The molecular weight excluding hydrogens is 250 g/mol. The minimum atomic E-state index is -0.125. The molecule has 1 rings (SSSR count). The number of para-hydroxylation sites is 1. The van der Waals surface area contributed by atoms with Gasteiger partial charge in [0.1, 0.15) is 5.78 Å². The summed E-state index contributed by atoms with van der Waals surface area (Å²) in [6.07, 6.45) is 0.407. The van der Waals surface area contributed by atoms with Crippen molar-refractivity contribution in [3.8, 4) is 0 Å². The van der Waals surface area contributed by atoms with Crippen LogP contribution in [-0.4, -0.2) is 17.7 Å². The van der Waals surface area contributed by atoms with Crippen molar-refractivity contribution in [3.63, 3.8) is 0 Å². The van der Waals surface area contributed by atoms with Crippen LogP contribution in [-0.2, 0) is 9.59 Å². The maximum Gasteiger partial charge on any atom is 0.234 e. The highest BCUT2D eigenvalue weighted by atomic mass is 16.2. The highest BCUT2D eigenvalue weighted by Crippen LogP contribution is 2.22. The lowest BCUT2D eigenvalue weighted by molar-refractivity contribution is -0.127. The van der Waals surface area contributed by atoms with Gasteiger partial charge < -0.3 is 4.90 Å². The van der Waals surface area contributed by atoms with Gasteiger partial charge in [0, 0.05) is 18.2 Å². The Kier molecular flexibility index (Phi) is 5.49. The molecule has 0 fully saturated rings. The zero-order valence-electron chi connectivity index (χ0n) is 13.1. The SMILES string of the molecule is CC(C)N(C(=O)CC(=O)CC(C)(C)C)c1ccccc1. The van der Waals surface area contributed by atoms with Gasteiger partial charge in [-0.3, -0.25) is 9.59 Å². The van der Waals surface area contributed by atoms with Crippen LogP contribution in [0.15, 0.2) is 30.3 Å². The van der Waals surface area contributed by atoms with Gasteiger partial charge in [-0.05, 0) is 31.4 Å². The molecule has 0 aromatic heterocycles. The Morgan fingerprint density at radius 3 is 2.10 bits per heavy atom. The van der Waals surface area contributed by atoms with Gasteiger partial charge >= 0.3 is 0 Å². The molecule has 110 valence electrons. The molecule has 0 unspecified atom stereocenters. The lowest BCUT2D eigenvalue weighted by Gasteiger charge is -2.27. The van der Waals surface area contributed by atoms with Gasteiger partial charge in [0.25, 0.3) is 0 Å². The summed E-state index contributed by atoms with van der Waals surface area (Å²) in [6, 6.07) is 9.53. The Labute approximate surface area is 122 Å². The van der Waals surface area contributed by atoms with Crippen molar-refractivity contribution in [1.82, 2.24) is 0 Å². The quantitative estimate of drug-likeness (QED) is 0.766. The van der Waals surface area contributed by atoms with Crippen LogP contribution in [0.2, 0.25) is 0 Å². The molecule has 0 bridgehead atoms. The van der Waals surface area contributed by atoms with E-state index in [1.54, 1.807) is 4.90 Å². The number of amides is 1. The molecule has 20 heavy (non-hydrogen) atoms. The van der Waals surface area contributed by atoms with Crippen molar-refractivity contribution < 1.29 is 9.59 Å². The second-order valence-electron chi connectivity index (χ2n) is 6.65. The Morgan fingerprint density at radius 1 is 1.10 bits per heavy atom. The van der Waals surface area contributed by atoms with Gasteiger partial charge in [0.15, 0.2) is 0 Å². The number of nitrogens with zero attached hydrogens (tertiary/aromatic N) is 1. The Hall–Kier alpha value is -1.64. The Balaban J connectivity index is 2.79. The van der Waals surface area contributed by atoms with Crippen molar-refractivity contribution in [2.75, 3.05) is 4.90 Å². The number of carbonyl (C=O) groups is 2. The van der Waals surface area contributed by atoms with Crippen LogP contribution in [0.4, 0.5) is 5.69 Å². The summed E-state index contributed by atoms with van der Waals surface area (Å²) in [6.45, 7) is 9.94. The summed E-state index contributed by atoms with van der Waals surface area (Å²) in [5.41, 5.74) is 0.767. The van der Waals surface area contributed by atoms with Crippen molar-refractivity contribution in [2.45, 2.75) is 53.5 Å². The van der Waals surface area contributed by atoms with Crippen LogP contribution in [0.1, 0.15) is 47.5 Å². The summed E-state index contributed by atoms with van der Waals surface area (Å²) in [7, 11) is 0. The van der Waals surface area contributed by atoms with Crippen molar-refractivity contribution in [2.24, 2.45) is 5.41 Å². The van der Waals surface area contributed by atoms with Crippen LogP contribution < -0.4 is 4.90 Å². The molecule has 0 radical (unpaired) electrons. The lowest BCUT2D eigenvalue weighted by Crippen LogP contribution is -2.38. The van der Waals surface area contributed by atoms with Gasteiger partial charge in [0.2, 0.25) is 5.91 Å². The van der Waals surface area contributed by atoms with Crippen molar-refractivity contribution >= 4 is 17.4 Å². The molecule has 0 aliphatic heterocycles. The summed E-state index contributed by atoms with van der Waals surface area (Å²) in [4.78, 5) is 26.1. The molecule has 0 saturated carbocycles. The molecule has 0 aliphatic rings. The average molecular weight is 275 g/mol. The molecule has 3 heteroatoms. The van der Waals surface area contributed by atoms with Crippen molar-refractivity contribution in [1.29, 1.82) is 0 Å². The number of carbonyl (C=O) groups excluding carboxylic acids is 2. The molecular formula is C17H25NO2. The van der Waals surface area contributed by atoms with Gasteiger partial charge in [-0.1, -0.05) is 39.0 Å². The van der Waals surface area contributed by atoms with Gasteiger partial charge in [-0.25, -0.2) is 0 Å². The molecule has 0 heterocycles. The second-order valence-corrected chi connectivity index (χ2v) is 6.65. The third kappa shape index (κ3) is 5.16. The van der Waals surface area contributed by atoms with E-state index in [1.165, 1.54) is 0 Å². The Bertz CT molecular complexity index is 458. The first-order valence-electron chi connectivity index (χ1n) is 7.09. The number of hydrogen-bond donors (Lipinski definition) is 0. The van der Waals surface area contributed by atoms with E-state index < -0.39 is 0 Å². The van der Waals surface area contributed by atoms with E-state index in [0.717, 1.165) is 5.69 Å². The van der Waals surface area contributed by atoms with Crippen LogP contribution in [0.25, 0.3) is 0 Å². The summed E-state index contributed by atoms with van der Waals surface area (Å²) < 4.78 is 0. The number of rotatable bonds is 5. The summed E-state index contributed by atoms with van der Waals surface area (Å²) in [5.74, 6) is -0.121. The second kappa shape index (κ2) is 6.69. The van der Waals surface area contributed by atoms with Crippen LogP contribution in [0.3, 0.4) is 0 Å². The Morgan fingerprint density at radius 2 is 1.65 bits per heavy atom. The zero-order valence-corrected chi connectivity index (χ0v) is 13.1. The fourth-order valence-electron chi connectivity index (χ4n) is 2.23. The number of hydrogen-bond acceptors (Lipinski definition) is 2. The molecule has 0 spiro atoms. The van der Waals surface area contributed by atoms with E-state index in [2.05, 4.69) is 0 Å². The zero-order chi connectivity index (χ0) is 15.3. The van der Waals surface area contributed by atoms with Gasteiger partial charge in [0.05, 0.1) is 6.42 Å².